The van der Waals surface area contributed by atoms with Crippen molar-refractivity contribution in [2.24, 2.45) is 4.99 Å². The molecule has 3 rings (SSSR count). The van der Waals surface area contributed by atoms with Crippen LogP contribution in [0.25, 0.3) is 11.0 Å². The van der Waals surface area contributed by atoms with Crippen LogP contribution in [0.15, 0.2) is 39.1 Å². The minimum absolute atomic E-state index is 0.519. The third kappa shape index (κ3) is 4.39. The summed E-state index contributed by atoms with van der Waals surface area (Å²) in [7, 11) is 0. The van der Waals surface area contributed by atoms with E-state index in [4.69, 9.17) is 4.42 Å². The molecule has 5 nitrogen and oxygen atoms in total. The van der Waals surface area contributed by atoms with Crippen LogP contribution in [-0.2, 0) is 13.0 Å². The van der Waals surface area contributed by atoms with Crippen LogP contribution < -0.4 is 10.6 Å². The molecule has 0 bridgehead atoms. The average molecular weight is 356 g/mol. The molecule has 0 fully saturated rings. The zero-order valence-electron chi connectivity index (χ0n) is 14.9. The molecule has 6 heteroatoms. The van der Waals surface area contributed by atoms with Crippen LogP contribution in [0.2, 0.25) is 0 Å². The number of aryl methyl sites for hydroxylation is 2. The van der Waals surface area contributed by atoms with Crippen LogP contribution in [0.4, 0.5) is 0 Å². The molecule has 0 saturated heterocycles. The number of nitrogens with zero attached hydrogens (tertiary/aromatic N) is 2. The first kappa shape index (κ1) is 17.5. The molecule has 1 aromatic carbocycles. The lowest BCUT2D eigenvalue weighted by molar-refractivity contribution is 0.548. The summed E-state index contributed by atoms with van der Waals surface area (Å²) in [5, 5.41) is 11.0. The van der Waals surface area contributed by atoms with Crippen LogP contribution in [0.3, 0.4) is 0 Å². The van der Waals surface area contributed by atoms with Crippen LogP contribution >= 0.6 is 11.3 Å². The second-order valence-electron chi connectivity index (χ2n) is 5.88. The van der Waals surface area contributed by atoms with E-state index < -0.39 is 0 Å². The largest absolute Gasteiger partial charge is 0.459 e. The lowest BCUT2D eigenvalue weighted by Gasteiger charge is -2.10. The molecule has 3 aromatic rings. The van der Waals surface area contributed by atoms with E-state index in [0.29, 0.717) is 6.54 Å². The minimum atomic E-state index is 0.519. The molecule has 2 aromatic heterocycles. The Morgan fingerprint density at radius 1 is 1.24 bits per heavy atom. The highest BCUT2D eigenvalue weighted by Gasteiger charge is 2.09. The van der Waals surface area contributed by atoms with Crippen LogP contribution in [0.1, 0.15) is 28.9 Å². The summed E-state index contributed by atoms with van der Waals surface area (Å²) in [6.07, 6.45) is 0.887. The van der Waals surface area contributed by atoms with Crippen molar-refractivity contribution in [2.75, 3.05) is 13.1 Å². The van der Waals surface area contributed by atoms with E-state index in [1.165, 1.54) is 0 Å². The lowest BCUT2D eigenvalue weighted by atomic mass is 10.1. The Morgan fingerprint density at radius 3 is 2.80 bits per heavy atom. The van der Waals surface area contributed by atoms with Gasteiger partial charge in [-0.1, -0.05) is 18.2 Å². The van der Waals surface area contributed by atoms with Crippen molar-refractivity contribution >= 4 is 28.3 Å². The Labute approximate surface area is 152 Å². The fourth-order valence-electron chi connectivity index (χ4n) is 2.70. The molecule has 0 aliphatic carbocycles. The minimum Gasteiger partial charge on any atom is -0.459 e. The number of fused-ring (bicyclic) bond motifs is 1. The maximum Gasteiger partial charge on any atom is 0.191 e. The Bertz CT molecular complexity index is 865. The molecule has 0 saturated carbocycles. The van der Waals surface area contributed by atoms with Gasteiger partial charge in [0.05, 0.1) is 10.7 Å². The number of rotatable bonds is 6. The van der Waals surface area contributed by atoms with Gasteiger partial charge in [0, 0.05) is 35.8 Å². The number of aromatic nitrogens is 1. The lowest BCUT2D eigenvalue weighted by Crippen LogP contribution is -2.38. The van der Waals surface area contributed by atoms with E-state index in [2.05, 4.69) is 45.9 Å². The van der Waals surface area contributed by atoms with Gasteiger partial charge in [0.1, 0.15) is 17.9 Å². The molecular formula is C19H24N4OS. The van der Waals surface area contributed by atoms with Crippen molar-refractivity contribution in [1.29, 1.82) is 0 Å². The summed E-state index contributed by atoms with van der Waals surface area (Å²) in [6, 6.07) is 8.10. The van der Waals surface area contributed by atoms with Crippen molar-refractivity contribution in [3.63, 3.8) is 0 Å². The number of aliphatic imine (C=N–C) groups is 1. The maximum absolute atomic E-state index is 5.93. The SMILES string of the molecule is CCNC(=NCc1oc2ccccc2c1C)NCCc1csc(C)n1. The number of para-hydroxylation sites is 1. The third-order valence-corrected chi connectivity index (χ3v) is 4.83. The van der Waals surface area contributed by atoms with Gasteiger partial charge in [-0.15, -0.1) is 11.3 Å². The number of hydrogen-bond donors (Lipinski definition) is 2. The molecule has 25 heavy (non-hydrogen) atoms. The van der Waals surface area contributed by atoms with E-state index in [1.807, 2.05) is 25.1 Å². The van der Waals surface area contributed by atoms with Gasteiger partial charge in [-0.2, -0.15) is 0 Å². The first-order chi connectivity index (χ1) is 12.2. The summed E-state index contributed by atoms with van der Waals surface area (Å²) < 4.78 is 5.93. The van der Waals surface area contributed by atoms with Crippen molar-refractivity contribution in [3.8, 4) is 0 Å². The highest BCUT2D eigenvalue weighted by molar-refractivity contribution is 7.09. The monoisotopic (exact) mass is 356 g/mol. The summed E-state index contributed by atoms with van der Waals surface area (Å²) in [5.41, 5.74) is 3.20. The molecule has 0 atom stereocenters. The molecule has 0 aliphatic heterocycles. The second kappa shape index (κ2) is 8.16. The fraction of sp³-hybridized carbons (Fsp3) is 0.368. The molecule has 2 heterocycles. The van der Waals surface area contributed by atoms with Crippen LogP contribution in [0.5, 0.6) is 0 Å². The van der Waals surface area contributed by atoms with E-state index in [-0.39, 0.29) is 0 Å². The Kier molecular flexibility index (Phi) is 5.71. The summed E-state index contributed by atoms with van der Waals surface area (Å²) in [6.45, 7) is 8.32. The number of hydrogen-bond acceptors (Lipinski definition) is 4. The summed E-state index contributed by atoms with van der Waals surface area (Å²) in [5.74, 6) is 1.71. The second-order valence-corrected chi connectivity index (χ2v) is 6.94. The molecule has 132 valence electrons. The number of thiazole rings is 1. The highest BCUT2D eigenvalue weighted by atomic mass is 32.1. The summed E-state index contributed by atoms with van der Waals surface area (Å²) in [4.78, 5) is 9.15. The number of furan rings is 1. The van der Waals surface area contributed by atoms with Crippen LogP contribution in [-0.4, -0.2) is 24.0 Å². The van der Waals surface area contributed by atoms with Crippen molar-refractivity contribution in [2.45, 2.75) is 33.7 Å². The maximum atomic E-state index is 5.93. The number of benzene rings is 1. The zero-order valence-corrected chi connectivity index (χ0v) is 15.7. The fourth-order valence-corrected chi connectivity index (χ4v) is 3.35. The van der Waals surface area contributed by atoms with Crippen LogP contribution in [0, 0.1) is 13.8 Å². The van der Waals surface area contributed by atoms with E-state index in [0.717, 1.165) is 58.5 Å². The Hall–Kier alpha value is -2.34. The van der Waals surface area contributed by atoms with Crippen molar-refractivity contribution in [3.05, 3.63) is 51.7 Å². The van der Waals surface area contributed by atoms with Gasteiger partial charge in [0.2, 0.25) is 0 Å². The average Bonchev–Trinajstić information content (AvgIpc) is 3.16. The molecule has 0 radical (unpaired) electrons. The molecule has 0 amide bonds. The molecular weight excluding hydrogens is 332 g/mol. The van der Waals surface area contributed by atoms with Gasteiger partial charge in [-0.3, -0.25) is 0 Å². The van der Waals surface area contributed by atoms with Gasteiger partial charge in [-0.25, -0.2) is 9.98 Å². The summed E-state index contributed by atoms with van der Waals surface area (Å²) >= 11 is 1.69. The van der Waals surface area contributed by atoms with Gasteiger partial charge < -0.3 is 15.1 Å². The smallest absolute Gasteiger partial charge is 0.191 e. The molecule has 0 aliphatic rings. The van der Waals surface area contributed by atoms with Crippen molar-refractivity contribution < 1.29 is 4.42 Å². The first-order valence-corrected chi connectivity index (χ1v) is 9.45. The standard InChI is InChI=1S/C19H24N4OS/c1-4-20-19(21-10-9-15-12-25-14(3)23-15)22-11-18-13(2)16-7-5-6-8-17(16)24-18/h5-8,12H,4,9-11H2,1-3H3,(H2,20,21,22). The molecule has 0 spiro atoms. The first-order valence-electron chi connectivity index (χ1n) is 8.57. The van der Waals surface area contributed by atoms with Gasteiger partial charge >= 0.3 is 0 Å². The Morgan fingerprint density at radius 2 is 2.08 bits per heavy atom. The molecule has 0 unspecified atom stereocenters. The third-order valence-electron chi connectivity index (χ3n) is 4.01. The topological polar surface area (TPSA) is 62.5 Å². The van der Waals surface area contributed by atoms with Crippen molar-refractivity contribution in [1.82, 2.24) is 15.6 Å². The van der Waals surface area contributed by atoms with E-state index in [1.54, 1.807) is 11.3 Å². The van der Waals surface area contributed by atoms with E-state index >= 15 is 0 Å². The van der Waals surface area contributed by atoms with Gasteiger partial charge in [-0.05, 0) is 26.8 Å². The Balaban J connectivity index is 1.63. The number of nitrogens with one attached hydrogen (secondary N) is 2. The van der Waals surface area contributed by atoms with Gasteiger partial charge in [0.15, 0.2) is 5.96 Å². The predicted molar refractivity (Wildman–Crippen MR) is 104 cm³/mol. The van der Waals surface area contributed by atoms with Gasteiger partial charge in [0.25, 0.3) is 0 Å². The normalized spacial score (nSPS) is 11.9. The number of guanidine groups is 1. The molecule has 2 N–H and O–H groups in total. The van der Waals surface area contributed by atoms with E-state index in [9.17, 15) is 0 Å². The highest BCUT2D eigenvalue weighted by Crippen LogP contribution is 2.25. The quantitative estimate of drug-likeness (QED) is 0.521. The zero-order chi connectivity index (χ0) is 17.6. The predicted octanol–water partition coefficient (Wildman–Crippen LogP) is 3.80.